The van der Waals surface area contributed by atoms with Crippen LogP contribution in [0.25, 0.3) is 0 Å². The molecule has 0 unspecified atom stereocenters. The van der Waals surface area contributed by atoms with Crippen molar-refractivity contribution < 1.29 is 27.6 Å². The first-order valence-corrected chi connectivity index (χ1v) is 11.4. The monoisotopic (exact) mass is 488 g/mol. The number of anilines is 1. The number of hydrogen-bond acceptors (Lipinski definition) is 6. The number of halogens is 4. The Kier molecular flexibility index (Phi) is 6.64. The van der Waals surface area contributed by atoms with Gasteiger partial charge in [0.1, 0.15) is 11.7 Å². The molecule has 1 aromatic heterocycles. The molecule has 180 valence electrons. The normalized spacial score (nSPS) is 24.3. The highest BCUT2D eigenvalue weighted by Crippen LogP contribution is 2.30. The van der Waals surface area contributed by atoms with Crippen LogP contribution in [0.4, 0.5) is 23.9 Å². The molecule has 4 amide bonds. The van der Waals surface area contributed by atoms with Crippen molar-refractivity contribution in [1.82, 2.24) is 25.1 Å². The van der Waals surface area contributed by atoms with Gasteiger partial charge >= 0.3 is 12.2 Å². The lowest BCUT2D eigenvalue weighted by molar-refractivity contribution is -0.141. The zero-order chi connectivity index (χ0) is 23.8. The molecule has 3 fully saturated rings. The minimum Gasteiger partial charge on any atom is -0.353 e. The number of piperidine rings is 2. The molecule has 0 saturated carbocycles. The van der Waals surface area contributed by atoms with Crippen LogP contribution in [-0.4, -0.2) is 81.8 Å². The van der Waals surface area contributed by atoms with Crippen LogP contribution in [0.1, 0.15) is 31.4 Å². The number of carbonyl (C=O) groups excluding carboxylic acids is 3. The van der Waals surface area contributed by atoms with Gasteiger partial charge in [-0.05, 0) is 31.7 Å². The molecule has 3 aliphatic heterocycles. The van der Waals surface area contributed by atoms with Gasteiger partial charge in [-0.15, -0.1) is 11.6 Å². The van der Waals surface area contributed by atoms with E-state index in [4.69, 9.17) is 11.6 Å². The molecule has 0 spiro atoms. The van der Waals surface area contributed by atoms with Gasteiger partial charge in [-0.1, -0.05) is 0 Å². The van der Waals surface area contributed by atoms with E-state index < -0.39 is 17.9 Å². The van der Waals surface area contributed by atoms with Crippen LogP contribution in [0.3, 0.4) is 0 Å². The summed E-state index contributed by atoms with van der Waals surface area (Å²) in [5.74, 6) is -0.551. The van der Waals surface area contributed by atoms with Crippen LogP contribution in [-0.2, 0) is 15.8 Å². The smallest absolute Gasteiger partial charge is 0.353 e. The van der Waals surface area contributed by atoms with Crippen LogP contribution in [0.15, 0.2) is 12.3 Å². The Morgan fingerprint density at radius 2 is 1.91 bits per heavy atom. The maximum atomic E-state index is 12.9. The molecular weight excluding hydrogens is 465 g/mol. The van der Waals surface area contributed by atoms with Crippen molar-refractivity contribution in [2.45, 2.75) is 43.9 Å². The quantitative estimate of drug-likeness (QED) is 0.502. The molecule has 1 aromatic rings. The van der Waals surface area contributed by atoms with E-state index in [9.17, 15) is 27.6 Å². The fourth-order valence-electron chi connectivity index (χ4n) is 4.60. The number of carbonyl (C=O) groups is 3. The van der Waals surface area contributed by atoms with Gasteiger partial charge in [-0.3, -0.25) is 14.5 Å². The van der Waals surface area contributed by atoms with E-state index in [1.165, 1.54) is 4.90 Å². The zero-order valence-corrected chi connectivity index (χ0v) is 18.5. The lowest BCUT2D eigenvalue weighted by Crippen LogP contribution is -2.51. The van der Waals surface area contributed by atoms with E-state index in [-0.39, 0.29) is 48.2 Å². The Hall–Kier alpha value is -2.63. The summed E-state index contributed by atoms with van der Waals surface area (Å²) < 4.78 is 38.7. The molecule has 2 atom stereocenters. The number of urea groups is 1. The van der Waals surface area contributed by atoms with Gasteiger partial charge in [0.25, 0.3) is 5.91 Å². The van der Waals surface area contributed by atoms with E-state index in [1.807, 2.05) is 0 Å². The van der Waals surface area contributed by atoms with Crippen molar-refractivity contribution in [2.75, 3.05) is 37.0 Å². The Morgan fingerprint density at radius 3 is 2.58 bits per heavy atom. The predicted molar refractivity (Wildman–Crippen MR) is 111 cm³/mol. The van der Waals surface area contributed by atoms with E-state index in [0.29, 0.717) is 45.3 Å². The lowest BCUT2D eigenvalue weighted by Gasteiger charge is -2.35. The Bertz CT molecular complexity index is 925. The lowest BCUT2D eigenvalue weighted by atomic mass is 9.93. The van der Waals surface area contributed by atoms with Crippen LogP contribution in [0.5, 0.6) is 0 Å². The van der Waals surface area contributed by atoms with Gasteiger partial charge in [0.15, 0.2) is 0 Å². The maximum Gasteiger partial charge on any atom is 0.433 e. The number of hydrogen-bond donors (Lipinski definition) is 1. The summed E-state index contributed by atoms with van der Waals surface area (Å²) in [6, 6.07) is -0.317. The number of nitrogens with one attached hydrogen (secondary N) is 1. The standard InChI is InChI=1S/C20H24ClF3N6O3/c21-5-10-30-17(32)14-11-13(4-9-29(14)19(30)33)26-16(31)12-2-7-28(8-3-12)18-25-6-1-15(27-18)20(22,23)24/h1,6,12-14H,2-5,7-11H2,(H,26,31)/t13-,14-/m0/s1. The minimum absolute atomic E-state index is 0.00182. The minimum atomic E-state index is -4.54. The highest BCUT2D eigenvalue weighted by atomic mass is 35.5. The average molecular weight is 489 g/mol. The van der Waals surface area contributed by atoms with E-state index >= 15 is 0 Å². The molecule has 0 radical (unpaired) electrons. The summed E-state index contributed by atoms with van der Waals surface area (Å²) in [6.07, 6.45) is -1.65. The number of alkyl halides is 4. The maximum absolute atomic E-state index is 12.9. The van der Waals surface area contributed by atoms with Gasteiger partial charge in [-0.25, -0.2) is 14.8 Å². The van der Waals surface area contributed by atoms with Crippen molar-refractivity contribution in [2.24, 2.45) is 5.92 Å². The summed E-state index contributed by atoms with van der Waals surface area (Å²) in [5, 5.41) is 2.99. The molecule has 3 aliphatic rings. The van der Waals surface area contributed by atoms with Gasteiger partial charge < -0.3 is 15.1 Å². The molecule has 0 bridgehead atoms. The third-order valence-corrected chi connectivity index (χ3v) is 6.54. The molecule has 0 aliphatic carbocycles. The number of fused-ring (bicyclic) bond motifs is 1. The molecule has 0 aromatic carbocycles. The average Bonchev–Trinajstić information content (AvgIpc) is 3.03. The topological polar surface area (TPSA) is 98.7 Å². The summed E-state index contributed by atoms with van der Waals surface area (Å²) in [7, 11) is 0. The van der Waals surface area contributed by atoms with E-state index in [2.05, 4.69) is 15.3 Å². The summed E-state index contributed by atoms with van der Waals surface area (Å²) in [5.41, 5.74) is -0.997. The van der Waals surface area contributed by atoms with Crippen molar-refractivity contribution in [3.63, 3.8) is 0 Å². The van der Waals surface area contributed by atoms with Crippen molar-refractivity contribution in [3.8, 4) is 0 Å². The largest absolute Gasteiger partial charge is 0.433 e. The first-order valence-electron chi connectivity index (χ1n) is 10.8. The van der Waals surface area contributed by atoms with Crippen molar-refractivity contribution in [3.05, 3.63) is 18.0 Å². The zero-order valence-electron chi connectivity index (χ0n) is 17.7. The highest BCUT2D eigenvalue weighted by molar-refractivity contribution is 6.18. The molecule has 4 rings (SSSR count). The fourth-order valence-corrected chi connectivity index (χ4v) is 4.77. The summed E-state index contributed by atoms with van der Waals surface area (Å²) in [4.78, 5) is 49.6. The van der Waals surface area contributed by atoms with Gasteiger partial charge in [-0.2, -0.15) is 13.2 Å². The number of rotatable bonds is 5. The van der Waals surface area contributed by atoms with Gasteiger partial charge in [0.2, 0.25) is 11.9 Å². The first-order chi connectivity index (χ1) is 15.7. The van der Waals surface area contributed by atoms with Crippen LogP contribution >= 0.6 is 11.6 Å². The van der Waals surface area contributed by atoms with Crippen molar-refractivity contribution >= 4 is 35.4 Å². The Labute approximate surface area is 193 Å². The fraction of sp³-hybridized carbons (Fsp3) is 0.650. The molecule has 3 saturated heterocycles. The van der Waals surface area contributed by atoms with Crippen LogP contribution < -0.4 is 10.2 Å². The number of nitrogens with zero attached hydrogens (tertiary/aromatic N) is 5. The van der Waals surface area contributed by atoms with Crippen molar-refractivity contribution in [1.29, 1.82) is 0 Å². The molecule has 9 nitrogen and oxygen atoms in total. The number of aromatic nitrogens is 2. The second-order valence-electron chi connectivity index (χ2n) is 8.40. The summed E-state index contributed by atoms with van der Waals surface area (Å²) in [6.45, 7) is 1.27. The van der Waals surface area contributed by atoms with Gasteiger partial charge in [0, 0.05) is 50.2 Å². The second-order valence-corrected chi connectivity index (χ2v) is 8.78. The first kappa shape index (κ1) is 23.5. The molecular formula is C20H24ClF3N6O3. The molecule has 1 N–H and O–H groups in total. The van der Waals surface area contributed by atoms with E-state index in [1.54, 1.807) is 4.90 Å². The molecule has 33 heavy (non-hydrogen) atoms. The number of imide groups is 1. The Balaban J connectivity index is 1.30. The Morgan fingerprint density at radius 1 is 1.18 bits per heavy atom. The molecule has 13 heteroatoms. The predicted octanol–water partition coefficient (Wildman–Crippen LogP) is 1.86. The number of amides is 4. The van der Waals surface area contributed by atoms with Gasteiger partial charge in [0.05, 0.1) is 0 Å². The third-order valence-electron chi connectivity index (χ3n) is 6.37. The molecule has 4 heterocycles. The summed E-state index contributed by atoms with van der Waals surface area (Å²) >= 11 is 5.69. The second kappa shape index (κ2) is 9.32. The SMILES string of the molecule is O=C(N[C@H]1CCN2C(=O)N(CCCl)C(=O)[C@@H]2C1)C1CCN(c2nccc(C(F)(F)F)n2)CC1. The third kappa shape index (κ3) is 4.85. The van der Waals surface area contributed by atoms with E-state index in [0.717, 1.165) is 17.2 Å². The highest BCUT2D eigenvalue weighted by Gasteiger charge is 2.48. The van der Waals surface area contributed by atoms with Crippen LogP contribution in [0, 0.1) is 5.92 Å². The van der Waals surface area contributed by atoms with Crippen LogP contribution in [0.2, 0.25) is 0 Å².